The van der Waals surface area contributed by atoms with Gasteiger partial charge in [0.1, 0.15) is 11.9 Å². The molecule has 0 aromatic heterocycles. The largest absolute Gasteiger partial charge is 0.497 e. The average molecular weight is 457 g/mol. The summed E-state index contributed by atoms with van der Waals surface area (Å²) < 4.78 is 37.3. The van der Waals surface area contributed by atoms with Crippen molar-refractivity contribution in [3.05, 3.63) is 59.2 Å². The van der Waals surface area contributed by atoms with Gasteiger partial charge in [-0.05, 0) is 92.2 Å². The molecule has 5 nitrogen and oxygen atoms in total. The SMILES string of the molecule is COc1ccc2c(c1)CC[C@@H]1[C@@H]2CC[C@]2(C)C(OS(=O)(=O)c3ccc(C)cc3)C(O)C[C@@H]12. The monoisotopic (exact) mass is 456 g/mol. The summed E-state index contributed by atoms with van der Waals surface area (Å²) in [4.78, 5) is 0.150. The van der Waals surface area contributed by atoms with Gasteiger partial charge in [0, 0.05) is 5.41 Å². The fourth-order valence-corrected chi connectivity index (χ4v) is 7.93. The van der Waals surface area contributed by atoms with Crippen molar-refractivity contribution in [1.29, 1.82) is 0 Å². The molecule has 2 fully saturated rings. The molecule has 0 amide bonds. The van der Waals surface area contributed by atoms with Crippen LogP contribution in [0, 0.1) is 24.2 Å². The Morgan fingerprint density at radius 2 is 1.84 bits per heavy atom. The van der Waals surface area contributed by atoms with Gasteiger partial charge in [0.05, 0.1) is 18.1 Å². The zero-order chi connectivity index (χ0) is 22.7. The molecule has 0 bridgehead atoms. The Morgan fingerprint density at radius 1 is 1.09 bits per heavy atom. The van der Waals surface area contributed by atoms with E-state index in [0.717, 1.165) is 37.0 Å². The van der Waals surface area contributed by atoms with E-state index >= 15 is 0 Å². The van der Waals surface area contributed by atoms with E-state index in [1.54, 1.807) is 31.4 Å². The van der Waals surface area contributed by atoms with E-state index in [4.69, 9.17) is 8.92 Å². The number of hydrogen-bond donors (Lipinski definition) is 1. The van der Waals surface area contributed by atoms with Crippen LogP contribution in [0.4, 0.5) is 0 Å². The number of rotatable bonds is 4. The average Bonchev–Trinajstić information content (AvgIpc) is 3.03. The van der Waals surface area contributed by atoms with Gasteiger partial charge >= 0.3 is 0 Å². The Morgan fingerprint density at radius 3 is 2.56 bits per heavy atom. The first-order chi connectivity index (χ1) is 15.2. The molecule has 3 aliphatic rings. The van der Waals surface area contributed by atoms with Crippen molar-refractivity contribution in [3.63, 3.8) is 0 Å². The highest BCUT2D eigenvalue weighted by Gasteiger charge is 2.59. The lowest BCUT2D eigenvalue weighted by Crippen LogP contribution is -2.46. The molecule has 1 N–H and O–H groups in total. The van der Waals surface area contributed by atoms with Crippen molar-refractivity contribution < 1.29 is 22.4 Å². The summed E-state index contributed by atoms with van der Waals surface area (Å²) >= 11 is 0. The minimum absolute atomic E-state index is 0.150. The van der Waals surface area contributed by atoms with Crippen LogP contribution < -0.4 is 4.74 Å². The standard InChI is InChI=1S/C26H32O5S/c1-16-4-8-19(9-5-16)32(28,29)31-25-24(27)15-23-22-10-6-17-14-18(30-3)7-11-20(17)21(22)12-13-26(23,25)2/h4-5,7-9,11,14,21-25,27H,6,10,12-13,15H2,1-3H3/t21-,22-,23+,24?,25?,26+/m1/s1. The van der Waals surface area contributed by atoms with Crippen molar-refractivity contribution in [2.24, 2.45) is 17.3 Å². The van der Waals surface area contributed by atoms with Crippen molar-refractivity contribution in [1.82, 2.24) is 0 Å². The maximum atomic E-state index is 13.0. The van der Waals surface area contributed by atoms with Gasteiger partial charge in [-0.1, -0.05) is 30.7 Å². The van der Waals surface area contributed by atoms with Gasteiger partial charge in [-0.15, -0.1) is 0 Å². The highest BCUT2D eigenvalue weighted by molar-refractivity contribution is 7.86. The third kappa shape index (κ3) is 3.47. The Bertz CT molecular complexity index is 1110. The van der Waals surface area contributed by atoms with Crippen LogP contribution in [0.3, 0.4) is 0 Å². The number of ether oxygens (including phenoxy) is 1. The second-order valence-electron chi connectivity index (χ2n) is 10.1. The molecular weight excluding hydrogens is 424 g/mol. The number of aryl methyl sites for hydroxylation is 2. The minimum atomic E-state index is -3.94. The first-order valence-corrected chi connectivity index (χ1v) is 13.0. The number of methoxy groups -OCH3 is 1. The van der Waals surface area contributed by atoms with Crippen LogP contribution in [0.1, 0.15) is 55.2 Å². The summed E-state index contributed by atoms with van der Waals surface area (Å²) in [5, 5.41) is 11.0. The number of benzene rings is 2. The van der Waals surface area contributed by atoms with E-state index in [1.165, 1.54) is 11.1 Å². The molecule has 0 heterocycles. The lowest BCUT2D eigenvalue weighted by atomic mass is 9.55. The van der Waals surface area contributed by atoms with Crippen LogP contribution in [0.5, 0.6) is 5.75 Å². The molecular formula is C26H32O5S. The topological polar surface area (TPSA) is 72.8 Å². The summed E-state index contributed by atoms with van der Waals surface area (Å²) in [6.07, 6.45) is 2.97. The van der Waals surface area contributed by atoms with E-state index in [9.17, 15) is 13.5 Å². The molecule has 0 saturated heterocycles. The van der Waals surface area contributed by atoms with E-state index in [2.05, 4.69) is 19.1 Å². The summed E-state index contributed by atoms with van der Waals surface area (Å²) in [6, 6.07) is 13.1. The number of aliphatic hydroxyl groups is 1. The lowest BCUT2D eigenvalue weighted by Gasteiger charge is -2.50. The molecule has 172 valence electrons. The van der Waals surface area contributed by atoms with Crippen molar-refractivity contribution in [3.8, 4) is 5.75 Å². The predicted molar refractivity (Wildman–Crippen MR) is 122 cm³/mol. The van der Waals surface area contributed by atoms with Crippen LogP contribution in [0.25, 0.3) is 0 Å². The smallest absolute Gasteiger partial charge is 0.297 e. The Labute approximate surface area is 190 Å². The molecule has 6 atom stereocenters. The maximum Gasteiger partial charge on any atom is 0.297 e. The Kier molecular flexibility index (Phi) is 5.38. The van der Waals surface area contributed by atoms with Crippen LogP contribution in [-0.4, -0.2) is 32.8 Å². The summed E-state index contributed by atoms with van der Waals surface area (Å²) in [5.41, 5.74) is 3.39. The maximum absolute atomic E-state index is 13.0. The molecule has 2 saturated carbocycles. The molecule has 0 aliphatic heterocycles. The molecule has 0 spiro atoms. The second-order valence-corrected chi connectivity index (χ2v) is 11.7. The van der Waals surface area contributed by atoms with Crippen LogP contribution in [-0.2, 0) is 20.7 Å². The normalized spacial score (nSPS) is 33.8. The van der Waals surface area contributed by atoms with E-state index in [-0.39, 0.29) is 16.2 Å². The molecule has 3 aliphatic carbocycles. The van der Waals surface area contributed by atoms with Crippen molar-refractivity contribution in [2.45, 2.75) is 69.0 Å². The zero-order valence-electron chi connectivity index (χ0n) is 19.0. The first-order valence-electron chi connectivity index (χ1n) is 11.6. The third-order valence-corrected chi connectivity index (χ3v) is 9.72. The quantitative estimate of drug-likeness (QED) is 0.681. The summed E-state index contributed by atoms with van der Waals surface area (Å²) in [5.74, 6) is 2.01. The second kappa shape index (κ2) is 7.86. The molecule has 2 aromatic carbocycles. The van der Waals surface area contributed by atoms with Gasteiger partial charge in [0.2, 0.25) is 0 Å². The number of hydrogen-bond acceptors (Lipinski definition) is 5. The first kappa shape index (κ1) is 21.9. The van der Waals surface area contributed by atoms with Gasteiger partial charge < -0.3 is 9.84 Å². The third-order valence-electron chi connectivity index (χ3n) is 8.41. The fraction of sp³-hybridized carbons (Fsp3) is 0.538. The van der Waals surface area contributed by atoms with Gasteiger partial charge in [0.15, 0.2) is 0 Å². The number of fused-ring (bicyclic) bond motifs is 5. The highest BCUT2D eigenvalue weighted by atomic mass is 32.2. The van der Waals surface area contributed by atoms with E-state index in [0.29, 0.717) is 18.3 Å². The Balaban J connectivity index is 1.42. The minimum Gasteiger partial charge on any atom is -0.497 e. The molecule has 5 rings (SSSR count). The summed E-state index contributed by atoms with van der Waals surface area (Å²) in [7, 11) is -2.24. The highest BCUT2D eigenvalue weighted by Crippen LogP contribution is 2.62. The molecule has 32 heavy (non-hydrogen) atoms. The van der Waals surface area contributed by atoms with Gasteiger partial charge in [0.25, 0.3) is 10.1 Å². The van der Waals surface area contributed by atoms with Crippen molar-refractivity contribution in [2.75, 3.05) is 7.11 Å². The molecule has 6 heteroatoms. The van der Waals surface area contributed by atoms with Gasteiger partial charge in [-0.25, -0.2) is 0 Å². The van der Waals surface area contributed by atoms with E-state index < -0.39 is 22.3 Å². The lowest BCUT2D eigenvalue weighted by molar-refractivity contribution is -0.0324. The Hall–Kier alpha value is -1.89. The van der Waals surface area contributed by atoms with Crippen LogP contribution in [0.2, 0.25) is 0 Å². The van der Waals surface area contributed by atoms with Crippen molar-refractivity contribution >= 4 is 10.1 Å². The van der Waals surface area contributed by atoms with Gasteiger partial charge in [-0.3, -0.25) is 4.18 Å². The van der Waals surface area contributed by atoms with Crippen LogP contribution in [0.15, 0.2) is 47.4 Å². The summed E-state index contributed by atoms with van der Waals surface area (Å²) in [6.45, 7) is 4.05. The molecule has 2 aromatic rings. The molecule has 0 radical (unpaired) electrons. The van der Waals surface area contributed by atoms with Crippen LogP contribution >= 0.6 is 0 Å². The van der Waals surface area contributed by atoms with Gasteiger partial charge in [-0.2, -0.15) is 8.42 Å². The zero-order valence-corrected chi connectivity index (χ0v) is 19.8. The fourth-order valence-electron chi connectivity index (χ4n) is 6.72. The predicted octanol–water partition coefficient (Wildman–Crippen LogP) is 4.60. The van der Waals surface area contributed by atoms with E-state index in [1.807, 2.05) is 13.0 Å². The molecule has 2 unspecified atom stereocenters. The number of aliphatic hydroxyl groups excluding tert-OH is 1.